The molecule has 0 aliphatic heterocycles. The lowest BCUT2D eigenvalue weighted by Crippen LogP contribution is -2.37. The maximum atomic E-state index is 11.9. The standard InChI is InChI=1S/C13H18N2O3S/c1-4-8(2)15-12(16)9(3)19-10-5-6-14-11(7-10)13(17)18/h5-9H,4H2,1-3H3,(H,15,16)(H,17,18). The second-order valence-corrected chi connectivity index (χ2v) is 5.67. The van der Waals surface area contributed by atoms with Gasteiger partial charge in [0.2, 0.25) is 5.91 Å². The molecule has 2 unspecified atom stereocenters. The average Bonchev–Trinajstić information content (AvgIpc) is 2.38. The Morgan fingerprint density at radius 1 is 1.47 bits per heavy atom. The lowest BCUT2D eigenvalue weighted by atomic mass is 10.2. The van der Waals surface area contributed by atoms with Crippen LogP contribution in [0.25, 0.3) is 0 Å². The number of aromatic carboxylic acids is 1. The number of carboxylic acid groups (broad SMARTS) is 1. The van der Waals surface area contributed by atoms with Crippen LogP contribution < -0.4 is 5.32 Å². The summed E-state index contributed by atoms with van der Waals surface area (Å²) in [6.07, 6.45) is 2.31. The summed E-state index contributed by atoms with van der Waals surface area (Å²) >= 11 is 1.32. The second kappa shape index (κ2) is 7.13. The van der Waals surface area contributed by atoms with Crippen LogP contribution in [0.4, 0.5) is 0 Å². The SMILES string of the molecule is CCC(C)NC(=O)C(C)Sc1ccnc(C(=O)O)c1. The van der Waals surface area contributed by atoms with E-state index >= 15 is 0 Å². The zero-order valence-electron chi connectivity index (χ0n) is 11.2. The first-order valence-corrected chi connectivity index (χ1v) is 6.98. The van der Waals surface area contributed by atoms with Gasteiger partial charge in [-0.05, 0) is 32.4 Å². The van der Waals surface area contributed by atoms with Crippen molar-refractivity contribution < 1.29 is 14.7 Å². The number of pyridine rings is 1. The van der Waals surface area contributed by atoms with Gasteiger partial charge < -0.3 is 10.4 Å². The van der Waals surface area contributed by atoms with E-state index in [9.17, 15) is 9.59 Å². The van der Waals surface area contributed by atoms with E-state index in [1.807, 2.05) is 13.8 Å². The Morgan fingerprint density at radius 3 is 2.74 bits per heavy atom. The van der Waals surface area contributed by atoms with Crippen molar-refractivity contribution in [2.75, 3.05) is 0 Å². The minimum atomic E-state index is -1.07. The van der Waals surface area contributed by atoms with Gasteiger partial charge in [0, 0.05) is 17.1 Å². The van der Waals surface area contributed by atoms with Gasteiger partial charge in [-0.25, -0.2) is 9.78 Å². The molecule has 0 aliphatic rings. The molecular weight excluding hydrogens is 264 g/mol. The number of amides is 1. The number of carbonyl (C=O) groups is 2. The predicted molar refractivity (Wildman–Crippen MR) is 74.4 cm³/mol. The predicted octanol–water partition coefficient (Wildman–Crippen LogP) is 2.18. The molecule has 1 heterocycles. The first-order chi connectivity index (χ1) is 8.93. The summed E-state index contributed by atoms with van der Waals surface area (Å²) in [6, 6.07) is 3.31. The van der Waals surface area contributed by atoms with Crippen molar-refractivity contribution in [3.05, 3.63) is 24.0 Å². The smallest absolute Gasteiger partial charge is 0.354 e. The van der Waals surface area contributed by atoms with Gasteiger partial charge in [-0.3, -0.25) is 4.79 Å². The highest BCUT2D eigenvalue weighted by Crippen LogP contribution is 2.23. The van der Waals surface area contributed by atoms with Crippen LogP contribution >= 0.6 is 11.8 Å². The van der Waals surface area contributed by atoms with Gasteiger partial charge in [0.05, 0.1) is 5.25 Å². The van der Waals surface area contributed by atoms with Gasteiger partial charge in [-0.2, -0.15) is 0 Å². The molecule has 19 heavy (non-hydrogen) atoms. The zero-order valence-corrected chi connectivity index (χ0v) is 12.0. The molecule has 6 heteroatoms. The number of rotatable bonds is 6. The quantitative estimate of drug-likeness (QED) is 0.782. The lowest BCUT2D eigenvalue weighted by Gasteiger charge is -2.16. The van der Waals surface area contributed by atoms with Crippen molar-refractivity contribution in [3.8, 4) is 0 Å². The first-order valence-electron chi connectivity index (χ1n) is 6.10. The molecule has 1 aromatic rings. The van der Waals surface area contributed by atoms with Gasteiger partial charge in [-0.15, -0.1) is 11.8 Å². The fourth-order valence-corrected chi connectivity index (χ4v) is 2.22. The Bertz CT molecular complexity index is 465. The molecule has 0 fully saturated rings. The minimum Gasteiger partial charge on any atom is -0.477 e. The van der Waals surface area contributed by atoms with Crippen molar-refractivity contribution in [1.29, 1.82) is 0 Å². The van der Waals surface area contributed by atoms with E-state index < -0.39 is 5.97 Å². The van der Waals surface area contributed by atoms with Crippen molar-refractivity contribution in [3.63, 3.8) is 0 Å². The summed E-state index contributed by atoms with van der Waals surface area (Å²) in [7, 11) is 0. The Hall–Kier alpha value is -1.56. The van der Waals surface area contributed by atoms with Crippen molar-refractivity contribution in [2.45, 2.75) is 43.4 Å². The van der Waals surface area contributed by atoms with Crippen molar-refractivity contribution in [2.24, 2.45) is 0 Å². The average molecular weight is 282 g/mol. The van der Waals surface area contributed by atoms with E-state index in [0.717, 1.165) is 11.3 Å². The van der Waals surface area contributed by atoms with Gasteiger partial charge in [-0.1, -0.05) is 6.92 Å². The number of thioether (sulfide) groups is 1. The molecule has 104 valence electrons. The van der Waals surface area contributed by atoms with E-state index in [1.54, 1.807) is 13.0 Å². The molecule has 2 atom stereocenters. The number of nitrogens with one attached hydrogen (secondary N) is 1. The third kappa shape index (κ3) is 4.90. The van der Waals surface area contributed by atoms with Gasteiger partial charge in [0.25, 0.3) is 0 Å². The van der Waals surface area contributed by atoms with Crippen LogP contribution in [0.3, 0.4) is 0 Å². The van der Waals surface area contributed by atoms with E-state index in [1.165, 1.54) is 24.0 Å². The fourth-order valence-electron chi connectivity index (χ4n) is 1.32. The number of nitrogens with zero attached hydrogens (tertiary/aromatic N) is 1. The summed E-state index contributed by atoms with van der Waals surface area (Å²) in [5.41, 5.74) is -0.0143. The molecule has 0 bridgehead atoms. The molecule has 0 aromatic carbocycles. The van der Waals surface area contributed by atoms with E-state index in [4.69, 9.17) is 5.11 Å². The highest BCUT2D eigenvalue weighted by molar-refractivity contribution is 8.00. The van der Waals surface area contributed by atoms with Gasteiger partial charge in [0.1, 0.15) is 5.69 Å². The van der Waals surface area contributed by atoms with Crippen LogP contribution in [0, 0.1) is 0 Å². The number of carbonyl (C=O) groups excluding carboxylic acids is 1. The van der Waals surface area contributed by atoms with Gasteiger partial charge >= 0.3 is 5.97 Å². The van der Waals surface area contributed by atoms with Crippen LogP contribution in [-0.4, -0.2) is 33.3 Å². The van der Waals surface area contributed by atoms with E-state index in [-0.39, 0.29) is 22.9 Å². The number of hydrogen-bond acceptors (Lipinski definition) is 4. The van der Waals surface area contributed by atoms with Crippen LogP contribution in [0.2, 0.25) is 0 Å². The number of carboxylic acids is 1. The maximum Gasteiger partial charge on any atom is 0.354 e. The Labute approximate surface area is 116 Å². The van der Waals surface area contributed by atoms with E-state index in [2.05, 4.69) is 10.3 Å². The lowest BCUT2D eigenvalue weighted by molar-refractivity contribution is -0.120. The maximum absolute atomic E-state index is 11.9. The summed E-state index contributed by atoms with van der Waals surface area (Å²) in [6.45, 7) is 5.75. The highest BCUT2D eigenvalue weighted by Gasteiger charge is 2.16. The largest absolute Gasteiger partial charge is 0.477 e. The molecule has 1 amide bonds. The van der Waals surface area contributed by atoms with Gasteiger partial charge in [0.15, 0.2) is 0 Å². The molecule has 1 rings (SSSR count). The molecule has 1 aromatic heterocycles. The fraction of sp³-hybridized carbons (Fsp3) is 0.462. The molecule has 5 nitrogen and oxygen atoms in total. The minimum absolute atomic E-state index is 0.0143. The third-order valence-corrected chi connectivity index (χ3v) is 3.73. The zero-order chi connectivity index (χ0) is 14.4. The van der Waals surface area contributed by atoms with Crippen LogP contribution in [0.5, 0.6) is 0 Å². The monoisotopic (exact) mass is 282 g/mol. The summed E-state index contributed by atoms with van der Waals surface area (Å²) in [5, 5.41) is 11.5. The second-order valence-electron chi connectivity index (χ2n) is 4.26. The normalized spacial score (nSPS) is 13.6. The highest BCUT2D eigenvalue weighted by atomic mass is 32.2. The van der Waals surface area contributed by atoms with Crippen LogP contribution in [-0.2, 0) is 4.79 Å². The first kappa shape index (κ1) is 15.5. The number of hydrogen-bond donors (Lipinski definition) is 2. The summed E-state index contributed by atoms with van der Waals surface area (Å²) in [4.78, 5) is 27.1. The van der Waals surface area contributed by atoms with Crippen molar-refractivity contribution >= 4 is 23.6 Å². The summed E-state index contributed by atoms with van der Waals surface area (Å²) in [5.74, 6) is -1.12. The number of aromatic nitrogens is 1. The topological polar surface area (TPSA) is 79.3 Å². The van der Waals surface area contributed by atoms with Crippen LogP contribution in [0.15, 0.2) is 23.2 Å². The molecule has 0 saturated carbocycles. The Balaban J connectivity index is 2.66. The molecule has 0 spiro atoms. The Kier molecular flexibility index (Phi) is 5.82. The van der Waals surface area contributed by atoms with Crippen molar-refractivity contribution in [1.82, 2.24) is 10.3 Å². The molecule has 2 N–H and O–H groups in total. The van der Waals surface area contributed by atoms with Crippen LogP contribution in [0.1, 0.15) is 37.7 Å². The molecule has 0 radical (unpaired) electrons. The molecule has 0 aliphatic carbocycles. The Morgan fingerprint density at radius 2 is 2.16 bits per heavy atom. The molecule has 0 saturated heterocycles. The summed E-state index contributed by atoms with van der Waals surface area (Å²) < 4.78 is 0. The van der Waals surface area contributed by atoms with E-state index in [0.29, 0.717) is 0 Å². The third-order valence-electron chi connectivity index (χ3n) is 2.63. The molecular formula is C13H18N2O3S.